The number of β-amino-alcohol motifs (C(OH)–C–C–N with tert-alkyl or cyclic N) is 1. The summed E-state index contributed by atoms with van der Waals surface area (Å²) in [7, 11) is 3.27. The van der Waals surface area contributed by atoms with E-state index in [0.29, 0.717) is 19.8 Å². The van der Waals surface area contributed by atoms with Crippen molar-refractivity contribution in [2.45, 2.75) is 25.7 Å². The van der Waals surface area contributed by atoms with Crippen molar-refractivity contribution in [2.75, 3.05) is 33.9 Å². The van der Waals surface area contributed by atoms with Crippen LogP contribution in [0.4, 0.5) is 0 Å². The summed E-state index contributed by atoms with van der Waals surface area (Å²) in [6, 6.07) is 14.1. The van der Waals surface area contributed by atoms with Gasteiger partial charge < -0.3 is 19.3 Å². The minimum absolute atomic E-state index is 0.290. The average Bonchev–Trinajstić information content (AvgIpc) is 2.67. The Morgan fingerprint density at radius 2 is 1.88 bits per heavy atom. The highest BCUT2D eigenvalue weighted by molar-refractivity contribution is 5.39. The van der Waals surface area contributed by atoms with E-state index in [0.717, 1.165) is 36.6 Å². The van der Waals surface area contributed by atoms with Crippen molar-refractivity contribution in [1.29, 1.82) is 0 Å². The Hall–Kier alpha value is -2.08. The SMILES string of the molecule is COc1ccc(OC)c(COC[C@H](O)CN2CCc3ccccc3C2)c1. The molecule has 5 heteroatoms. The fourth-order valence-corrected chi connectivity index (χ4v) is 3.36. The van der Waals surface area contributed by atoms with Gasteiger partial charge in [-0.3, -0.25) is 4.90 Å². The van der Waals surface area contributed by atoms with Crippen LogP contribution in [0.25, 0.3) is 0 Å². The Labute approximate surface area is 155 Å². The molecule has 0 saturated heterocycles. The highest BCUT2D eigenvalue weighted by Gasteiger charge is 2.18. The van der Waals surface area contributed by atoms with Gasteiger partial charge in [-0.1, -0.05) is 24.3 Å². The summed E-state index contributed by atoms with van der Waals surface area (Å²) >= 11 is 0. The third-order valence-corrected chi connectivity index (χ3v) is 4.73. The molecule has 1 aliphatic heterocycles. The van der Waals surface area contributed by atoms with Crippen LogP contribution in [0.5, 0.6) is 11.5 Å². The van der Waals surface area contributed by atoms with Gasteiger partial charge in [0.2, 0.25) is 0 Å². The van der Waals surface area contributed by atoms with Crippen molar-refractivity contribution in [3.8, 4) is 11.5 Å². The maximum Gasteiger partial charge on any atom is 0.124 e. The van der Waals surface area contributed by atoms with E-state index in [1.165, 1.54) is 11.1 Å². The highest BCUT2D eigenvalue weighted by atomic mass is 16.5. The van der Waals surface area contributed by atoms with Gasteiger partial charge in [-0.05, 0) is 35.7 Å². The number of fused-ring (bicyclic) bond motifs is 1. The lowest BCUT2D eigenvalue weighted by molar-refractivity contribution is 0.00724. The van der Waals surface area contributed by atoms with Crippen molar-refractivity contribution < 1.29 is 19.3 Å². The van der Waals surface area contributed by atoms with Gasteiger partial charge >= 0.3 is 0 Å². The van der Waals surface area contributed by atoms with Gasteiger partial charge in [0, 0.05) is 25.2 Å². The molecule has 5 nitrogen and oxygen atoms in total. The van der Waals surface area contributed by atoms with Crippen LogP contribution in [0.2, 0.25) is 0 Å². The first-order valence-electron chi connectivity index (χ1n) is 8.95. The van der Waals surface area contributed by atoms with E-state index in [1.807, 2.05) is 18.2 Å². The lowest BCUT2D eigenvalue weighted by atomic mass is 10.00. The van der Waals surface area contributed by atoms with E-state index < -0.39 is 6.10 Å². The maximum absolute atomic E-state index is 10.3. The molecule has 2 aromatic rings. The minimum Gasteiger partial charge on any atom is -0.497 e. The molecule has 1 heterocycles. The summed E-state index contributed by atoms with van der Waals surface area (Å²) in [5.41, 5.74) is 3.68. The molecule has 1 aliphatic rings. The van der Waals surface area contributed by atoms with Gasteiger partial charge in [0.05, 0.1) is 33.5 Å². The fourth-order valence-electron chi connectivity index (χ4n) is 3.36. The molecule has 0 spiro atoms. The van der Waals surface area contributed by atoms with Crippen LogP contribution < -0.4 is 9.47 Å². The molecule has 0 unspecified atom stereocenters. The van der Waals surface area contributed by atoms with Gasteiger partial charge in [0.15, 0.2) is 0 Å². The average molecular weight is 357 g/mol. The zero-order chi connectivity index (χ0) is 18.4. The van der Waals surface area contributed by atoms with Crippen molar-refractivity contribution in [3.63, 3.8) is 0 Å². The fraction of sp³-hybridized carbons (Fsp3) is 0.429. The van der Waals surface area contributed by atoms with Crippen molar-refractivity contribution >= 4 is 0 Å². The summed E-state index contributed by atoms with van der Waals surface area (Å²) in [6.45, 7) is 3.14. The summed E-state index contributed by atoms with van der Waals surface area (Å²) in [4.78, 5) is 2.28. The van der Waals surface area contributed by atoms with E-state index in [1.54, 1.807) is 14.2 Å². The van der Waals surface area contributed by atoms with E-state index in [9.17, 15) is 5.11 Å². The number of hydrogen-bond acceptors (Lipinski definition) is 5. The number of hydrogen-bond donors (Lipinski definition) is 1. The molecule has 0 aromatic heterocycles. The van der Waals surface area contributed by atoms with Crippen molar-refractivity contribution in [3.05, 3.63) is 59.2 Å². The smallest absolute Gasteiger partial charge is 0.124 e. The Morgan fingerprint density at radius 1 is 1.08 bits per heavy atom. The summed E-state index contributed by atoms with van der Waals surface area (Å²) < 4.78 is 16.3. The number of benzene rings is 2. The van der Waals surface area contributed by atoms with E-state index >= 15 is 0 Å². The van der Waals surface area contributed by atoms with E-state index in [4.69, 9.17) is 14.2 Å². The van der Waals surface area contributed by atoms with E-state index in [-0.39, 0.29) is 0 Å². The predicted octanol–water partition coefficient (Wildman–Crippen LogP) is 2.64. The summed E-state index contributed by atoms with van der Waals surface area (Å²) in [6.07, 6.45) is 0.516. The van der Waals surface area contributed by atoms with Crippen LogP contribution in [-0.2, 0) is 24.3 Å². The first-order chi connectivity index (χ1) is 12.7. The van der Waals surface area contributed by atoms with E-state index in [2.05, 4.69) is 29.2 Å². The first-order valence-corrected chi connectivity index (χ1v) is 8.95. The van der Waals surface area contributed by atoms with Gasteiger partial charge in [-0.2, -0.15) is 0 Å². The van der Waals surface area contributed by atoms with Gasteiger partial charge in [-0.15, -0.1) is 0 Å². The highest BCUT2D eigenvalue weighted by Crippen LogP contribution is 2.24. The maximum atomic E-state index is 10.3. The summed E-state index contributed by atoms with van der Waals surface area (Å²) in [5, 5.41) is 10.3. The normalized spacial score (nSPS) is 15.3. The summed E-state index contributed by atoms with van der Waals surface area (Å²) in [5.74, 6) is 1.52. The van der Waals surface area contributed by atoms with Gasteiger partial charge in [-0.25, -0.2) is 0 Å². The third kappa shape index (κ3) is 4.75. The second-order valence-corrected chi connectivity index (χ2v) is 6.60. The Kier molecular flexibility index (Phi) is 6.50. The third-order valence-electron chi connectivity index (χ3n) is 4.73. The molecule has 1 N–H and O–H groups in total. The second-order valence-electron chi connectivity index (χ2n) is 6.60. The number of rotatable bonds is 8. The first kappa shape index (κ1) is 18.7. The monoisotopic (exact) mass is 357 g/mol. The molecule has 140 valence electrons. The van der Waals surface area contributed by atoms with Crippen molar-refractivity contribution in [1.82, 2.24) is 4.90 Å². The molecule has 0 bridgehead atoms. The standard InChI is InChI=1S/C21H27NO4/c1-24-20-7-8-21(25-2)18(11-20)14-26-15-19(23)13-22-10-9-16-5-3-4-6-17(16)12-22/h3-8,11,19,23H,9-10,12-15H2,1-2H3/t19-/m1/s1. The lowest BCUT2D eigenvalue weighted by Gasteiger charge is -2.30. The topological polar surface area (TPSA) is 51.2 Å². The van der Waals surface area contributed by atoms with Crippen LogP contribution in [0, 0.1) is 0 Å². The molecular formula is C21H27NO4. The zero-order valence-electron chi connectivity index (χ0n) is 15.5. The largest absolute Gasteiger partial charge is 0.497 e. The Bertz CT molecular complexity index is 719. The Morgan fingerprint density at radius 3 is 2.65 bits per heavy atom. The van der Waals surface area contributed by atoms with Gasteiger partial charge in [0.25, 0.3) is 0 Å². The molecule has 0 fully saturated rings. The number of methoxy groups -OCH3 is 2. The molecule has 0 saturated carbocycles. The molecule has 0 aliphatic carbocycles. The molecule has 0 radical (unpaired) electrons. The van der Waals surface area contributed by atoms with Crippen LogP contribution >= 0.6 is 0 Å². The lowest BCUT2D eigenvalue weighted by Crippen LogP contribution is -2.38. The number of aliphatic hydroxyl groups excluding tert-OH is 1. The number of aliphatic hydroxyl groups is 1. The van der Waals surface area contributed by atoms with Crippen LogP contribution in [0.15, 0.2) is 42.5 Å². The van der Waals surface area contributed by atoms with Crippen molar-refractivity contribution in [2.24, 2.45) is 0 Å². The van der Waals surface area contributed by atoms with Crippen LogP contribution in [0.1, 0.15) is 16.7 Å². The molecular weight excluding hydrogens is 330 g/mol. The minimum atomic E-state index is -0.517. The number of ether oxygens (including phenoxy) is 3. The van der Waals surface area contributed by atoms with Gasteiger partial charge in [0.1, 0.15) is 11.5 Å². The quantitative estimate of drug-likeness (QED) is 0.787. The number of nitrogens with zero attached hydrogens (tertiary/aromatic N) is 1. The molecule has 0 amide bonds. The molecule has 2 aromatic carbocycles. The molecule has 1 atom stereocenters. The zero-order valence-corrected chi connectivity index (χ0v) is 15.5. The molecule has 3 rings (SSSR count). The van der Waals surface area contributed by atoms with Crippen LogP contribution in [0.3, 0.4) is 0 Å². The Balaban J connectivity index is 1.47. The molecule has 26 heavy (non-hydrogen) atoms. The predicted molar refractivity (Wildman–Crippen MR) is 101 cm³/mol. The second kappa shape index (κ2) is 9.03. The van der Waals surface area contributed by atoms with Crippen LogP contribution in [-0.4, -0.2) is 50.0 Å².